The van der Waals surface area contributed by atoms with Crippen molar-refractivity contribution < 1.29 is 4.74 Å². The predicted octanol–water partition coefficient (Wildman–Crippen LogP) is 2.61. The van der Waals surface area contributed by atoms with Crippen LogP contribution in [0.3, 0.4) is 0 Å². The van der Waals surface area contributed by atoms with E-state index in [9.17, 15) is 0 Å². The standard InChI is InChI=1S/C12H16N4OS/c1-7-4-5-9(18-7)8(2)14-10-6-11(17-3)16-12(13)15-10/h4-6,8H,1-3H3,(H3,13,14,15,16). The van der Waals surface area contributed by atoms with Gasteiger partial charge in [0.1, 0.15) is 5.82 Å². The highest BCUT2D eigenvalue weighted by Gasteiger charge is 2.10. The summed E-state index contributed by atoms with van der Waals surface area (Å²) in [6, 6.07) is 6.11. The van der Waals surface area contributed by atoms with Gasteiger partial charge in [-0.1, -0.05) is 0 Å². The Hall–Kier alpha value is -1.82. The van der Waals surface area contributed by atoms with Gasteiger partial charge < -0.3 is 15.8 Å². The summed E-state index contributed by atoms with van der Waals surface area (Å²) in [4.78, 5) is 10.6. The van der Waals surface area contributed by atoms with Crippen molar-refractivity contribution in [2.75, 3.05) is 18.2 Å². The Bertz CT molecular complexity index is 541. The van der Waals surface area contributed by atoms with Crippen LogP contribution in [-0.2, 0) is 0 Å². The van der Waals surface area contributed by atoms with E-state index in [0.29, 0.717) is 11.7 Å². The number of hydrogen-bond donors (Lipinski definition) is 2. The highest BCUT2D eigenvalue weighted by molar-refractivity contribution is 7.12. The molecule has 18 heavy (non-hydrogen) atoms. The number of nitrogens with zero attached hydrogens (tertiary/aromatic N) is 2. The lowest BCUT2D eigenvalue weighted by atomic mass is 10.2. The SMILES string of the molecule is COc1cc(NC(C)c2ccc(C)s2)nc(N)n1. The van der Waals surface area contributed by atoms with Gasteiger partial charge in [-0.15, -0.1) is 11.3 Å². The molecule has 5 nitrogen and oxygen atoms in total. The van der Waals surface area contributed by atoms with Crippen LogP contribution in [0.4, 0.5) is 11.8 Å². The molecule has 0 saturated heterocycles. The molecule has 2 aromatic heterocycles. The van der Waals surface area contributed by atoms with Crippen molar-refractivity contribution in [3.05, 3.63) is 28.0 Å². The van der Waals surface area contributed by atoms with Crippen LogP contribution in [0.1, 0.15) is 22.7 Å². The molecular formula is C12H16N4OS. The maximum absolute atomic E-state index is 5.61. The molecule has 0 spiro atoms. The van der Waals surface area contributed by atoms with Crippen molar-refractivity contribution >= 4 is 23.1 Å². The molecule has 0 bridgehead atoms. The van der Waals surface area contributed by atoms with Crippen molar-refractivity contribution in [2.45, 2.75) is 19.9 Å². The molecule has 0 aliphatic carbocycles. The first kappa shape index (κ1) is 12.6. The summed E-state index contributed by atoms with van der Waals surface area (Å²) in [6.07, 6.45) is 0. The van der Waals surface area contributed by atoms with Crippen molar-refractivity contribution in [1.82, 2.24) is 9.97 Å². The third-order valence-corrected chi connectivity index (χ3v) is 3.66. The van der Waals surface area contributed by atoms with E-state index < -0.39 is 0 Å². The molecule has 0 aromatic carbocycles. The molecule has 2 aromatic rings. The second kappa shape index (κ2) is 5.22. The zero-order chi connectivity index (χ0) is 13.1. The molecule has 96 valence electrons. The fraction of sp³-hybridized carbons (Fsp3) is 0.333. The Labute approximate surface area is 110 Å². The van der Waals surface area contributed by atoms with Crippen molar-refractivity contribution in [3.63, 3.8) is 0 Å². The smallest absolute Gasteiger partial charge is 0.225 e. The first-order valence-electron chi connectivity index (χ1n) is 5.60. The van der Waals surface area contributed by atoms with E-state index in [1.807, 2.05) is 0 Å². The fourth-order valence-electron chi connectivity index (χ4n) is 1.60. The van der Waals surface area contributed by atoms with Gasteiger partial charge in [0.15, 0.2) is 0 Å². The number of rotatable bonds is 4. The van der Waals surface area contributed by atoms with Crippen LogP contribution < -0.4 is 15.8 Å². The second-order valence-electron chi connectivity index (χ2n) is 3.97. The molecule has 0 aliphatic rings. The normalized spacial score (nSPS) is 12.2. The Morgan fingerprint density at radius 3 is 2.78 bits per heavy atom. The van der Waals surface area contributed by atoms with E-state index in [0.717, 1.165) is 0 Å². The zero-order valence-electron chi connectivity index (χ0n) is 10.6. The van der Waals surface area contributed by atoms with E-state index in [1.54, 1.807) is 24.5 Å². The first-order chi connectivity index (χ1) is 8.58. The number of aromatic nitrogens is 2. The van der Waals surface area contributed by atoms with Crippen LogP contribution in [-0.4, -0.2) is 17.1 Å². The summed E-state index contributed by atoms with van der Waals surface area (Å²) in [5.41, 5.74) is 5.61. The van der Waals surface area contributed by atoms with Gasteiger partial charge in [0.2, 0.25) is 11.8 Å². The number of nitrogens with one attached hydrogen (secondary N) is 1. The van der Waals surface area contributed by atoms with Crippen LogP contribution in [0, 0.1) is 6.92 Å². The minimum atomic E-state index is 0.169. The largest absolute Gasteiger partial charge is 0.481 e. The maximum atomic E-state index is 5.61. The number of nitrogens with two attached hydrogens (primary N) is 1. The first-order valence-corrected chi connectivity index (χ1v) is 6.41. The third-order valence-electron chi connectivity index (χ3n) is 2.48. The predicted molar refractivity (Wildman–Crippen MR) is 74.1 cm³/mol. The van der Waals surface area contributed by atoms with Crippen molar-refractivity contribution in [1.29, 1.82) is 0 Å². The van der Waals surface area contributed by atoms with Gasteiger partial charge in [-0.05, 0) is 26.0 Å². The van der Waals surface area contributed by atoms with Gasteiger partial charge >= 0.3 is 0 Å². The van der Waals surface area contributed by atoms with Gasteiger partial charge in [-0.2, -0.15) is 9.97 Å². The maximum Gasteiger partial charge on any atom is 0.225 e. The molecule has 2 rings (SSSR count). The number of nitrogen functional groups attached to an aromatic ring is 1. The van der Waals surface area contributed by atoms with E-state index in [4.69, 9.17) is 10.5 Å². The van der Waals surface area contributed by atoms with Crippen LogP contribution in [0.5, 0.6) is 5.88 Å². The second-order valence-corrected chi connectivity index (χ2v) is 5.29. The van der Waals surface area contributed by atoms with Crippen LogP contribution >= 0.6 is 11.3 Å². The summed E-state index contributed by atoms with van der Waals surface area (Å²) < 4.78 is 5.06. The van der Waals surface area contributed by atoms with Gasteiger partial charge in [0.05, 0.1) is 13.2 Å². The van der Waals surface area contributed by atoms with E-state index in [2.05, 4.69) is 41.3 Å². The lowest BCUT2D eigenvalue weighted by Gasteiger charge is -2.13. The number of aryl methyl sites for hydroxylation is 1. The summed E-state index contributed by atoms with van der Waals surface area (Å²) in [5, 5.41) is 3.29. The third kappa shape index (κ3) is 2.89. The zero-order valence-corrected chi connectivity index (χ0v) is 11.4. The average molecular weight is 264 g/mol. The minimum Gasteiger partial charge on any atom is -0.481 e. The number of anilines is 2. The van der Waals surface area contributed by atoms with E-state index in [-0.39, 0.29) is 12.0 Å². The van der Waals surface area contributed by atoms with Gasteiger partial charge in [-0.3, -0.25) is 0 Å². The van der Waals surface area contributed by atoms with E-state index >= 15 is 0 Å². The molecule has 0 amide bonds. The van der Waals surface area contributed by atoms with Crippen LogP contribution in [0.25, 0.3) is 0 Å². The minimum absolute atomic E-state index is 0.169. The Morgan fingerprint density at radius 1 is 1.39 bits per heavy atom. The summed E-state index contributed by atoms with van der Waals surface area (Å²) in [6.45, 7) is 4.17. The molecule has 1 unspecified atom stereocenters. The lowest BCUT2D eigenvalue weighted by molar-refractivity contribution is 0.398. The van der Waals surface area contributed by atoms with Crippen LogP contribution in [0.15, 0.2) is 18.2 Å². The number of methoxy groups -OCH3 is 1. The topological polar surface area (TPSA) is 73.1 Å². The molecule has 0 saturated carbocycles. The van der Waals surface area contributed by atoms with Crippen molar-refractivity contribution in [3.8, 4) is 5.88 Å². The average Bonchev–Trinajstić information content (AvgIpc) is 2.75. The molecule has 2 heterocycles. The van der Waals surface area contributed by atoms with Gasteiger partial charge in [0, 0.05) is 15.8 Å². The molecule has 1 atom stereocenters. The quantitative estimate of drug-likeness (QED) is 0.888. The van der Waals surface area contributed by atoms with Gasteiger partial charge in [-0.25, -0.2) is 0 Å². The van der Waals surface area contributed by atoms with Crippen molar-refractivity contribution in [2.24, 2.45) is 0 Å². The number of ether oxygens (including phenoxy) is 1. The Kier molecular flexibility index (Phi) is 3.66. The van der Waals surface area contributed by atoms with Crippen LogP contribution in [0.2, 0.25) is 0 Å². The molecule has 3 N–H and O–H groups in total. The molecule has 0 fully saturated rings. The molecule has 0 radical (unpaired) electrons. The molecule has 6 heteroatoms. The monoisotopic (exact) mass is 264 g/mol. The molecule has 0 aliphatic heterocycles. The highest BCUT2D eigenvalue weighted by Crippen LogP contribution is 2.26. The number of thiophene rings is 1. The molecular weight excluding hydrogens is 248 g/mol. The lowest BCUT2D eigenvalue weighted by Crippen LogP contribution is -2.08. The number of hydrogen-bond acceptors (Lipinski definition) is 6. The van der Waals surface area contributed by atoms with E-state index in [1.165, 1.54) is 9.75 Å². The fourth-order valence-corrected chi connectivity index (χ4v) is 2.48. The summed E-state index contributed by atoms with van der Waals surface area (Å²) in [7, 11) is 1.55. The summed E-state index contributed by atoms with van der Waals surface area (Å²) in [5.74, 6) is 1.32. The van der Waals surface area contributed by atoms with Gasteiger partial charge in [0.25, 0.3) is 0 Å². The highest BCUT2D eigenvalue weighted by atomic mass is 32.1. The Morgan fingerprint density at radius 2 is 2.17 bits per heavy atom. The Balaban J connectivity index is 2.16. The summed E-state index contributed by atoms with van der Waals surface area (Å²) >= 11 is 1.76.